The molecule has 1 aliphatic carbocycles. The van der Waals surface area contributed by atoms with Crippen molar-refractivity contribution in [2.75, 3.05) is 19.0 Å². The zero-order valence-electron chi connectivity index (χ0n) is 19.1. The average Bonchev–Trinajstić information content (AvgIpc) is 3.63. The van der Waals surface area contributed by atoms with E-state index in [0.29, 0.717) is 34.3 Å². The lowest BCUT2D eigenvalue weighted by Crippen LogP contribution is -2.32. The Morgan fingerprint density at radius 2 is 1.91 bits per heavy atom. The molecule has 2 aliphatic rings. The number of nitrogens with zero attached hydrogens (tertiary/aromatic N) is 1. The summed E-state index contributed by atoms with van der Waals surface area (Å²) < 4.78 is 10.9. The third kappa shape index (κ3) is 5.91. The first-order chi connectivity index (χ1) is 16.3. The highest BCUT2D eigenvalue weighted by Crippen LogP contribution is 2.41. The number of ether oxygens (including phenoxy) is 2. The zero-order chi connectivity index (χ0) is 24.8. The summed E-state index contributed by atoms with van der Waals surface area (Å²) in [6.45, 7) is 2.32. The topological polar surface area (TPSA) is 131 Å². The number of nitrogens with two attached hydrogens (primary N) is 1. The fourth-order valence-electron chi connectivity index (χ4n) is 3.65. The number of carbonyl (C=O) groups is 3. The maximum absolute atomic E-state index is 13.3. The molecular weight excluding hydrogens is 462 g/mol. The Labute approximate surface area is 202 Å². The van der Waals surface area contributed by atoms with Gasteiger partial charge in [0.1, 0.15) is 0 Å². The van der Waals surface area contributed by atoms with Crippen LogP contribution in [0.25, 0.3) is 0 Å². The smallest absolute Gasteiger partial charge is 0.409 e. The summed E-state index contributed by atoms with van der Waals surface area (Å²) in [6, 6.07) is 7.35. The third-order valence-electron chi connectivity index (χ3n) is 5.30. The molecule has 1 saturated carbocycles. The van der Waals surface area contributed by atoms with Gasteiger partial charge in [0.25, 0.3) is 5.91 Å². The second-order valence-electron chi connectivity index (χ2n) is 7.90. The summed E-state index contributed by atoms with van der Waals surface area (Å²) in [5.41, 5.74) is 6.86. The van der Waals surface area contributed by atoms with Crippen LogP contribution in [0, 0.1) is 0 Å². The van der Waals surface area contributed by atoms with E-state index in [1.165, 1.54) is 43.4 Å². The van der Waals surface area contributed by atoms with Gasteiger partial charge in [-0.2, -0.15) is 0 Å². The van der Waals surface area contributed by atoms with Gasteiger partial charge in [0, 0.05) is 17.1 Å². The van der Waals surface area contributed by atoms with Crippen LogP contribution in [0.2, 0.25) is 5.02 Å². The van der Waals surface area contributed by atoms with E-state index in [-0.39, 0.29) is 24.2 Å². The number of hydrogen-bond donors (Lipinski definition) is 3. The summed E-state index contributed by atoms with van der Waals surface area (Å²) in [5, 5.41) is 11.6. The van der Waals surface area contributed by atoms with Crippen molar-refractivity contribution in [2.45, 2.75) is 45.2 Å². The van der Waals surface area contributed by atoms with E-state index in [1.54, 1.807) is 18.2 Å². The molecule has 10 heteroatoms. The average molecular weight is 490 g/mol. The fraction of sp³-hybridized carbons (Fsp3) is 0.375. The van der Waals surface area contributed by atoms with Crippen molar-refractivity contribution < 1.29 is 29.0 Å². The number of methoxy groups -OCH3 is 1. The lowest BCUT2D eigenvalue weighted by Gasteiger charge is -2.28. The Morgan fingerprint density at radius 3 is 2.47 bits per heavy atom. The van der Waals surface area contributed by atoms with E-state index in [2.05, 4.69) is 5.32 Å². The van der Waals surface area contributed by atoms with Gasteiger partial charge in [-0.15, -0.1) is 0 Å². The molecule has 3 amide bonds. The minimum atomic E-state index is -1.30. The molecule has 2 aromatic rings. The van der Waals surface area contributed by atoms with Gasteiger partial charge in [-0.1, -0.05) is 36.9 Å². The molecule has 0 bridgehead atoms. The SMILES string of the molecule is C1CC1.CCOc1cc([C@@H](CC(N)=O)N2Cc3c(Cl)ccc(NC(=O)O)c3C2=O)ccc1OC. The Kier molecular flexibility index (Phi) is 8.22. The predicted molar refractivity (Wildman–Crippen MR) is 128 cm³/mol. The molecule has 4 N–H and O–H groups in total. The molecular formula is C24H28ClN3O6. The lowest BCUT2D eigenvalue weighted by atomic mass is 10.0. The standard InChI is InChI=1S/C21H22ClN3O6.C3H6/c1-3-31-17-8-11(4-7-16(17)30-2)15(9-18(23)26)25-10-12-13(22)5-6-14(24-21(28)29)19(12)20(25)27;1-2-3-1/h4-8,15,24H,3,9-10H2,1-2H3,(H2,23,26)(H,28,29);1-3H2/t15-;/m1./s1. The molecule has 2 aromatic carbocycles. The maximum atomic E-state index is 13.3. The number of hydrogen-bond acceptors (Lipinski definition) is 5. The molecule has 0 aromatic heterocycles. The number of nitrogens with one attached hydrogen (secondary N) is 1. The minimum absolute atomic E-state index is 0.0933. The zero-order valence-corrected chi connectivity index (χ0v) is 19.9. The molecule has 1 atom stereocenters. The van der Waals surface area contributed by atoms with Gasteiger partial charge in [-0.25, -0.2) is 4.79 Å². The van der Waals surface area contributed by atoms with E-state index in [4.69, 9.17) is 31.9 Å². The molecule has 182 valence electrons. The number of fused-ring (bicyclic) bond motifs is 1. The summed E-state index contributed by atoms with van der Waals surface area (Å²) in [7, 11) is 1.51. The quantitative estimate of drug-likeness (QED) is 0.497. The van der Waals surface area contributed by atoms with Crippen molar-refractivity contribution >= 4 is 35.2 Å². The lowest BCUT2D eigenvalue weighted by molar-refractivity contribution is -0.119. The van der Waals surface area contributed by atoms with Gasteiger partial charge in [0.15, 0.2) is 11.5 Å². The number of rotatable bonds is 8. The number of amides is 3. The van der Waals surface area contributed by atoms with Gasteiger partial charge in [-0.3, -0.25) is 14.9 Å². The van der Waals surface area contributed by atoms with Crippen molar-refractivity contribution in [1.82, 2.24) is 4.90 Å². The Morgan fingerprint density at radius 1 is 1.21 bits per heavy atom. The van der Waals surface area contributed by atoms with Gasteiger partial charge in [-0.05, 0) is 36.8 Å². The van der Waals surface area contributed by atoms with E-state index < -0.39 is 23.9 Å². The normalized spacial score (nSPS) is 14.4. The second-order valence-corrected chi connectivity index (χ2v) is 8.31. The molecule has 0 spiro atoms. The van der Waals surface area contributed by atoms with Crippen LogP contribution in [0.15, 0.2) is 30.3 Å². The van der Waals surface area contributed by atoms with Crippen LogP contribution in [0.5, 0.6) is 11.5 Å². The number of primary amides is 1. The van der Waals surface area contributed by atoms with Crippen molar-refractivity contribution in [3.05, 3.63) is 52.0 Å². The first-order valence-corrected chi connectivity index (χ1v) is 11.4. The largest absolute Gasteiger partial charge is 0.493 e. The fourth-order valence-corrected chi connectivity index (χ4v) is 3.86. The minimum Gasteiger partial charge on any atom is -0.493 e. The van der Waals surface area contributed by atoms with Crippen LogP contribution in [0.3, 0.4) is 0 Å². The number of carbonyl (C=O) groups excluding carboxylic acids is 2. The van der Waals surface area contributed by atoms with Gasteiger partial charge in [0.2, 0.25) is 5.91 Å². The molecule has 0 radical (unpaired) electrons. The van der Waals surface area contributed by atoms with E-state index in [9.17, 15) is 14.4 Å². The van der Waals surface area contributed by atoms with Crippen LogP contribution in [0.4, 0.5) is 10.5 Å². The first kappa shape index (κ1) is 25.2. The van der Waals surface area contributed by atoms with E-state index in [0.717, 1.165) is 0 Å². The van der Waals surface area contributed by atoms with Crippen LogP contribution in [-0.2, 0) is 11.3 Å². The summed E-state index contributed by atoms with van der Waals surface area (Å²) >= 11 is 6.29. The molecule has 1 fully saturated rings. The molecule has 0 unspecified atom stereocenters. The first-order valence-electron chi connectivity index (χ1n) is 11.0. The molecule has 4 rings (SSSR count). The number of halogens is 1. The van der Waals surface area contributed by atoms with E-state index in [1.807, 2.05) is 6.92 Å². The van der Waals surface area contributed by atoms with Crippen LogP contribution in [0.1, 0.15) is 60.1 Å². The third-order valence-corrected chi connectivity index (χ3v) is 5.65. The van der Waals surface area contributed by atoms with E-state index >= 15 is 0 Å². The highest BCUT2D eigenvalue weighted by Gasteiger charge is 2.38. The van der Waals surface area contributed by atoms with Crippen LogP contribution in [-0.4, -0.2) is 41.6 Å². The monoisotopic (exact) mass is 489 g/mol. The highest BCUT2D eigenvalue weighted by atomic mass is 35.5. The number of anilines is 1. The maximum Gasteiger partial charge on any atom is 0.409 e. The van der Waals surface area contributed by atoms with Gasteiger partial charge < -0.3 is 25.2 Å². The molecule has 1 aliphatic heterocycles. The summed E-state index contributed by atoms with van der Waals surface area (Å²) in [4.78, 5) is 37.7. The van der Waals surface area contributed by atoms with Crippen molar-refractivity contribution in [3.8, 4) is 11.5 Å². The molecule has 0 saturated heterocycles. The number of benzene rings is 2. The summed E-state index contributed by atoms with van der Waals surface area (Å²) in [6.07, 6.45) is 3.05. The Balaban J connectivity index is 0.000000999. The van der Waals surface area contributed by atoms with Gasteiger partial charge >= 0.3 is 6.09 Å². The molecule has 9 nitrogen and oxygen atoms in total. The number of carboxylic acid groups (broad SMARTS) is 1. The summed E-state index contributed by atoms with van der Waals surface area (Å²) in [5.74, 6) is -0.0818. The molecule has 34 heavy (non-hydrogen) atoms. The van der Waals surface area contributed by atoms with Gasteiger partial charge in [0.05, 0.1) is 37.4 Å². The predicted octanol–water partition coefficient (Wildman–Crippen LogP) is 4.58. The van der Waals surface area contributed by atoms with Crippen LogP contribution >= 0.6 is 11.6 Å². The van der Waals surface area contributed by atoms with Crippen molar-refractivity contribution in [3.63, 3.8) is 0 Å². The highest BCUT2D eigenvalue weighted by molar-refractivity contribution is 6.32. The second kappa shape index (κ2) is 11.1. The van der Waals surface area contributed by atoms with Crippen LogP contribution < -0.4 is 20.5 Å². The Bertz CT molecular complexity index is 1090. The molecule has 1 heterocycles. The van der Waals surface area contributed by atoms with Crippen molar-refractivity contribution in [2.24, 2.45) is 5.73 Å². The van der Waals surface area contributed by atoms with Crippen molar-refractivity contribution in [1.29, 1.82) is 0 Å². The Hall–Kier alpha value is -3.46.